The van der Waals surface area contributed by atoms with E-state index in [1.54, 1.807) is 25.1 Å². The number of allylic oxidation sites excluding steroid dienone is 1. The third-order valence-corrected chi connectivity index (χ3v) is 9.81. The summed E-state index contributed by atoms with van der Waals surface area (Å²) >= 11 is 0. The highest BCUT2D eigenvalue weighted by Gasteiger charge is 2.34. The van der Waals surface area contributed by atoms with Crippen molar-refractivity contribution in [2.45, 2.75) is 51.0 Å². The Balaban J connectivity index is 1.38. The lowest BCUT2D eigenvalue weighted by Crippen LogP contribution is -2.38. The number of phenolic OH excluding ortho intramolecular Hbond substituents is 8. The van der Waals surface area contributed by atoms with Crippen molar-refractivity contribution in [1.29, 1.82) is 0 Å². The van der Waals surface area contributed by atoms with Crippen molar-refractivity contribution in [1.82, 2.24) is 5.32 Å². The minimum atomic E-state index is -1.80. The first-order valence-electron chi connectivity index (χ1n) is 17.0. The van der Waals surface area contributed by atoms with Gasteiger partial charge in [-0.25, -0.2) is 9.59 Å². The third kappa shape index (κ3) is 6.98. The zero-order valence-corrected chi connectivity index (χ0v) is 28.6. The average Bonchev–Trinajstić information content (AvgIpc) is 3.33. The number of fused-ring (bicyclic) bond motifs is 4. The molecule has 0 amide bonds. The first-order chi connectivity index (χ1) is 25.3. The highest BCUT2D eigenvalue weighted by molar-refractivity contribution is 5.97. The molecule has 0 fully saturated rings. The fourth-order valence-electron chi connectivity index (χ4n) is 7.23. The van der Waals surface area contributed by atoms with Crippen LogP contribution in [0.2, 0.25) is 0 Å². The number of carbonyl (C=O) groups is 2. The molecule has 2 aliphatic rings. The normalized spacial score (nSPS) is 14.7. The summed E-state index contributed by atoms with van der Waals surface area (Å²) in [5, 5.41) is 96.9. The van der Waals surface area contributed by atoms with Gasteiger partial charge in [0.25, 0.3) is 0 Å². The van der Waals surface area contributed by atoms with E-state index in [1.807, 2.05) is 6.07 Å². The number of rotatable bonds is 10. The van der Waals surface area contributed by atoms with E-state index in [0.29, 0.717) is 76.7 Å². The largest absolute Gasteiger partial charge is 0.508 e. The SMILES string of the molecule is CCNCC(c1cc(O)c(O)c(O)c1)C(OC(=O)C=Cc1cc(O)c(O)c2c1C=C(c1cc(O)c(O)c3c1-c1cccc(O)c1CCC3)CC2)C(=O)O. The van der Waals surface area contributed by atoms with Crippen LogP contribution in [0.3, 0.4) is 0 Å². The number of aliphatic carboxylic acids is 1. The molecule has 0 spiro atoms. The number of carboxylic acid groups (broad SMARTS) is 1. The van der Waals surface area contributed by atoms with Gasteiger partial charge in [0.2, 0.25) is 6.10 Å². The molecule has 0 radical (unpaired) electrons. The van der Waals surface area contributed by atoms with Crippen LogP contribution in [0.4, 0.5) is 0 Å². The maximum absolute atomic E-state index is 13.2. The van der Waals surface area contributed by atoms with E-state index in [2.05, 4.69) is 5.32 Å². The maximum Gasteiger partial charge on any atom is 0.345 e. The molecule has 0 aliphatic heterocycles. The molecular formula is C40H39NO12. The number of carbonyl (C=O) groups excluding carboxylic acids is 1. The summed E-state index contributed by atoms with van der Waals surface area (Å²) in [6.45, 7) is 2.14. The Bertz CT molecular complexity index is 2160. The average molecular weight is 726 g/mol. The second-order valence-electron chi connectivity index (χ2n) is 13.0. The summed E-state index contributed by atoms with van der Waals surface area (Å²) in [6, 6.07) is 9.99. The van der Waals surface area contributed by atoms with Gasteiger partial charge in [-0.3, -0.25) is 0 Å². The predicted octanol–water partition coefficient (Wildman–Crippen LogP) is 5.38. The number of aromatic hydroxyl groups is 8. The van der Waals surface area contributed by atoms with Crippen molar-refractivity contribution < 1.29 is 60.3 Å². The van der Waals surface area contributed by atoms with Crippen LogP contribution < -0.4 is 5.32 Å². The maximum atomic E-state index is 13.2. The van der Waals surface area contributed by atoms with Gasteiger partial charge < -0.3 is 56.0 Å². The van der Waals surface area contributed by atoms with Crippen LogP contribution in [0.25, 0.3) is 28.9 Å². The van der Waals surface area contributed by atoms with Gasteiger partial charge in [0.1, 0.15) is 5.75 Å². The van der Waals surface area contributed by atoms with Crippen LogP contribution in [0.1, 0.15) is 64.6 Å². The Kier molecular flexibility index (Phi) is 10.1. The molecule has 53 heavy (non-hydrogen) atoms. The number of esters is 1. The van der Waals surface area contributed by atoms with Gasteiger partial charge in [0.15, 0.2) is 40.2 Å². The van der Waals surface area contributed by atoms with Crippen molar-refractivity contribution in [3.63, 3.8) is 0 Å². The van der Waals surface area contributed by atoms with Gasteiger partial charge in [-0.2, -0.15) is 0 Å². The number of hydrogen-bond acceptors (Lipinski definition) is 12. The summed E-state index contributed by atoms with van der Waals surface area (Å²) in [7, 11) is 0. The van der Waals surface area contributed by atoms with Crippen LogP contribution in [-0.2, 0) is 33.6 Å². The molecule has 0 bridgehead atoms. The highest BCUT2D eigenvalue weighted by Crippen LogP contribution is 2.50. The second kappa shape index (κ2) is 14.7. The summed E-state index contributed by atoms with van der Waals surface area (Å²) in [4.78, 5) is 25.6. The number of ether oxygens (including phenoxy) is 1. The molecule has 13 heteroatoms. The molecule has 4 aromatic carbocycles. The lowest BCUT2D eigenvalue weighted by atomic mass is 9.81. The quantitative estimate of drug-likeness (QED) is 0.0562. The Morgan fingerprint density at radius 3 is 2.13 bits per heavy atom. The molecule has 4 aromatic rings. The Labute approximate surface area is 303 Å². The number of benzene rings is 4. The molecule has 2 aliphatic carbocycles. The molecule has 13 nitrogen and oxygen atoms in total. The van der Waals surface area contributed by atoms with Crippen molar-refractivity contribution in [2.75, 3.05) is 13.1 Å². The molecule has 0 aromatic heterocycles. The molecule has 6 rings (SSSR count). The smallest absolute Gasteiger partial charge is 0.345 e. The molecule has 0 heterocycles. The zero-order valence-electron chi connectivity index (χ0n) is 28.6. The van der Waals surface area contributed by atoms with Gasteiger partial charge in [0.05, 0.1) is 0 Å². The number of nitrogens with one attached hydrogen (secondary N) is 1. The molecular weight excluding hydrogens is 686 g/mol. The molecule has 2 unspecified atom stereocenters. The van der Waals surface area contributed by atoms with Gasteiger partial charge in [-0.1, -0.05) is 25.1 Å². The lowest BCUT2D eigenvalue weighted by Gasteiger charge is -2.25. The third-order valence-electron chi connectivity index (χ3n) is 9.81. The number of likely N-dealkylation sites (N-methyl/N-ethyl adjacent to an activating group) is 1. The van der Waals surface area contributed by atoms with E-state index < -0.39 is 47.0 Å². The Morgan fingerprint density at radius 1 is 0.774 bits per heavy atom. The lowest BCUT2D eigenvalue weighted by molar-refractivity contribution is -0.162. The minimum Gasteiger partial charge on any atom is -0.508 e. The monoisotopic (exact) mass is 725 g/mol. The summed E-state index contributed by atoms with van der Waals surface area (Å²) in [5.41, 5.74) is 5.10. The zero-order chi connectivity index (χ0) is 38.1. The van der Waals surface area contributed by atoms with E-state index in [9.17, 15) is 55.5 Å². The van der Waals surface area contributed by atoms with Gasteiger partial charge in [0, 0.05) is 35.2 Å². The standard InChI is InChI=1S/C40H39NO12/c1-2-41-18-28(21-15-31(44)38(50)32(45)16-21)39(40(51)52)53-34(47)12-10-20-14-30(43)36(48)24-11-9-19(13-26(20)24)27-17-33(46)37(49)25-7-3-5-22-23(35(25)27)6-4-8-29(22)42/h4,6,8,10,12-17,28,39,41-46,48-50H,2-3,5,7,9,11,18H2,1H3,(H,51,52). The van der Waals surface area contributed by atoms with Crippen LogP contribution in [0, 0.1) is 0 Å². The summed E-state index contributed by atoms with van der Waals surface area (Å²) in [6.07, 6.45) is 4.43. The number of phenols is 8. The topological polar surface area (TPSA) is 237 Å². The van der Waals surface area contributed by atoms with Crippen molar-refractivity contribution >= 4 is 29.7 Å². The van der Waals surface area contributed by atoms with Gasteiger partial charge in [-0.05, 0) is 114 Å². The van der Waals surface area contributed by atoms with Gasteiger partial charge in [-0.15, -0.1) is 0 Å². The van der Waals surface area contributed by atoms with Crippen LogP contribution in [-0.4, -0.2) is 77.1 Å². The summed E-state index contributed by atoms with van der Waals surface area (Å²) in [5.74, 6) is -7.11. The first kappa shape index (κ1) is 36.5. The Morgan fingerprint density at radius 2 is 1.43 bits per heavy atom. The Hall–Kier alpha value is -6.34. The van der Waals surface area contributed by atoms with E-state index in [0.717, 1.165) is 18.2 Å². The molecule has 10 N–H and O–H groups in total. The predicted molar refractivity (Wildman–Crippen MR) is 194 cm³/mol. The van der Waals surface area contributed by atoms with E-state index in [4.69, 9.17) is 4.74 Å². The van der Waals surface area contributed by atoms with Gasteiger partial charge >= 0.3 is 11.9 Å². The summed E-state index contributed by atoms with van der Waals surface area (Å²) < 4.78 is 5.40. The fraction of sp³-hybridized carbons (Fsp3) is 0.250. The van der Waals surface area contributed by atoms with Crippen molar-refractivity contribution in [3.05, 3.63) is 87.5 Å². The molecule has 276 valence electrons. The minimum absolute atomic E-state index is 0.0400. The number of carboxylic acids is 1. The van der Waals surface area contributed by atoms with E-state index in [1.165, 1.54) is 18.2 Å². The van der Waals surface area contributed by atoms with E-state index >= 15 is 0 Å². The fourth-order valence-corrected chi connectivity index (χ4v) is 7.23. The molecule has 2 atom stereocenters. The van der Waals surface area contributed by atoms with E-state index in [-0.39, 0.29) is 47.1 Å². The number of hydrogen-bond donors (Lipinski definition) is 10. The molecule has 0 saturated carbocycles. The van der Waals surface area contributed by atoms with Crippen LogP contribution in [0.15, 0.2) is 48.5 Å². The van der Waals surface area contributed by atoms with Crippen LogP contribution >= 0.6 is 0 Å². The first-order valence-corrected chi connectivity index (χ1v) is 17.0. The van der Waals surface area contributed by atoms with Crippen molar-refractivity contribution in [3.8, 4) is 57.1 Å². The highest BCUT2D eigenvalue weighted by atomic mass is 16.6. The molecule has 0 saturated heterocycles. The van der Waals surface area contributed by atoms with Crippen LogP contribution in [0.5, 0.6) is 46.0 Å². The van der Waals surface area contributed by atoms with Crippen molar-refractivity contribution in [2.24, 2.45) is 0 Å². The second-order valence-corrected chi connectivity index (χ2v) is 13.0.